The Kier molecular flexibility index (Phi) is 2.96. The van der Waals surface area contributed by atoms with E-state index in [1.54, 1.807) is 13.8 Å². The first-order valence-electron chi connectivity index (χ1n) is 5.77. The van der Waals surface area contributed by atoms with Crippen molar-refractivity contribution in [2.75, 3.05) is 19.1 Å². The van der Waals surface area contributed by atoms with Gasteiger partial charge in [0.2, 0.25) is 0 Å². The molecule has 1 saturated heterocycles. The van der Waals surface area contributed by atoms with Gasteiger partial charge in [-0.1, -0.05) is 6.07 Å². The second kappa shape index (κ2) is 4.22. The van der Waals surface area contributed by atoms with Gasteiger partial charge in [0.25, 0.3) is 5.91 Å². The summed E-state index contributed by atoms with van der Waals surface area (Å²) in [5.41, 5.74) is -1.08. The molecule has 0 unspecified atom stereocenters. The largest absolute Gasteiger partial charge is 0.494 e. The van der Waals surface area contributed by atoms with Gasteiger partial charge in [-0.25, -0.2) is 14.1 Å². The van der Waals surface area contributed by atoms with Crippen molar-refractivity contribution in [3.63, 3.8) is 0 Å². The molecule has 0 bridgehead atoms. The summed E-state index contributed by atoms with van der Waals surface area (Å²) in [6.45, 7) is 3.23. The zero-order valence-electron chi connectivity index (χ0n) is 11.2. The molecule has 6 heteroatoms. The monoisotopic (exact) mass is 266 g/mol. The molecule has 1 aromatic carbocycles. The number of imide groups is 1. The lowest BCUT2D eigenvalue weighted by Gasteiger charge is -2.22. The number of likely N-dealkylation sites (N-methyl/N-ethyl adjacent to an activating group) is 1. The van der Waals surface area contributed by atoms with Crippen molar-refractivity contribution in [3.8, 4) is 5.75 Å². The molecule has 1 heterocycles. The van der Waals surface area contributed by atoms with E-state index in [1.165, 1.54) is 37.3 Å². The lowest BCUT2D eigenvalue weighted by molar-refractivity contribution is -0.123. The molecule has 2 rings (SSSR count). The Morgan fingerprint density at radius 2 is 1.89 bits per heavy atom. The number of ether oxygens (including phenoxy) is 1. The van der Waals surface area contributed by atoms with E-state index in [0.717, 1.165) is 4.90 Å². The predicted octanol–water partition coefficient (Wildman–Crippen LogP) is 2.01. The predicted molar refractivity (Wildman–Crippen MR) is 67.7 cm³/mol. The third-order valence-electron chi connectivity index (χ3n) is 3.45. The molecule has 1 aromatic rings. The molecule has 102 valence electrons. The van der Waals surface area contributed by atoms with Gasteiger partial charge in [0.15, 0.2) is 11.6 Å². The smallest absolute Gasteiger partial charge is 0.332 e. The van der Waals surface area contributed by atoms with Gasteiger partial charge in [0, 0.05) is 7.05 Å². The summed E-state index contributed by atoms with van der Waals surface area (Å²) in [6, 6.07) is 3.78. The van der Waals surface area contributed by atoms with Crippen LogP contribution in [0.5, 0.6) is 5.75 Å². The maximum atomic E-state index is 14.2. The van der Waals surface area contributed by atoms with Crippen molar-refractivity contribution >= 4 is 17.6 Å². The van der Waals surface area contributed by atoms with Gasteiger partial charge >= 0.3 is 6.03 Å². The molecular formula is C13H15FN2O3. The SMILES string of the molecule is COc1cccc(N2C(=O)N(C)C(C)(C)C2=O)c1F. The number of amides is 3. The Labute approximate surface area is 110 Å². The number of anilines is 1. The summed E-state index contributed by atoms with van der Waals surface area (Å²) in [4.78, 5) is 26.5. The van der Waals surface area contributed by atoms with E-state index < -0.39 is 23.3 Å². The quantitative estimate of drug-likeness (QED) is 0.769. The third kappa shape index (κ3) is 1.75. The molecular weight excluding hydrogens is 251 g/mol. The van der Waals surface area contributed by atoms with E-state index in [0.29, 0.717) is 0 Å². The number of nitrogens with zero attached hydrogens (tertiary/aromatic N) is 2. The average molecular weight is 266 g/mol. The lowest BCUT2D eigenvalue weighted by atomic mass is 10.0. The maximum Gasteiger partial charge on any atom is 0.332 e. The zero-order chi connectivity index (χ0) is 14.4. The van der Waals surface area contributed by atoms with Crippen LogP contribution >= 0.6 is 0 Å². The molecule has 0 saturated carbocycles. The average Bonchev–Trinajstić information content (AvgIpc) is 2.52. The van der Waals surface area contributed by atoms with Crippen molar-refractivity contribution in [1.29, 1.82) is 0 Å². The molecule has 0 atom stereocenters. The van der Waals surface area contributed by atoms with Crippen LogP contribution in [0.2, 0.25) is 0 Å². The molecule has 1 aliphatic rings. The van der Waals surface area contributed by atoms with Crippen LogP contribution in [0.4, 0.5) is 14.9 Å². The Morgan fingerprint density at radius 1 is 1.26 bits per heavy atom. The van der Waals surface area contributed by atoms with E-state index in [-0.39, 0.29) is 11.4 Å². The molecule has 1 aliphatic heterocycles. The van der Waals surface area contributed by atoms with Crippen LogP contribution in [0.15, 0.2) is 18.2 Å². The maximum absolute atomic E-state index is 14.2. The number of benzene rings is 1. The number of carbonyl (C=O) groups is 2. The van der Waals surface area contributed by atoms with Crippen LogP contribution in [-0.4, -0.2) is 36.5 Å². The van der Waals surface area contributed by atoms with Crippen molar-refractivity contribution < 1.29 is 18.7 Å². The normalized spacial score (nSPS) is 18.2. The zero-order valence-corrected chi connectivity index (χ0v) is 11.2. The first-order valence-corrected chi connectivity index (χ1v) is 5.77. The summed E-state index contributed by atoms with van der Waals surface area (Å²) in [6.07, 6.45) is 0. The van der Waals surface area contributed by atoms with Crippen LogP contribution in [0.25, 0.3) is 0 Å². The molecule has 1 fully saturated rings. The van der Waals surface area contributed by atoms with Crippen molar-refractivity contribution in [2.24, 2.45) is 0 Å². The van der Waals surface area contributed by atoms with Crippen LogP contribution in [-0.2, 0) is 4.79 Å². The van der Waals surface area contributed by atoms with E-state index in [9.17, 15) is 14.0 Å². The number of halogens is 1. The van der Waals surface area contributed by atoms with Gasteiger partial charge in [-0.15, -0.1) is 0 Å². The summed E-state index contributed by atoms with van der Waals surface area (Å²) in [7, 11) is 2.84. The van der Waals surface area contributed by atoms with E-state index in [2.05, 4.69) is 0 Å². The first-order chi connectivity index (χ1) is 8.82. The second-order valence-corrected chi connectivity index (χ2v) is 4.83. The number of hydrogen-bond donors (Lipinski definition) is 0. The van der Waals surface area contributed by atoms with E-state index in [4.69, 9.17) is 4.74 Å². The highest BCUT2D eigenvalue weighted by atomic mass is 19.1. The number of carbonyl (C=O) groups excluding carboxylic acids is 2. The van der Waals surface area contributed by atoms with E-state index in [1.807, 2.05) is 0 Å². The molecule has 19 heavy (non-hydrogen) atoms. The molecule has 0 aromatic heterocycles. The number of urea groups is 1. The number of methoxy groups -OCH3 is 1. The standard InChI is InChI=1S/C13H15FN2O3/c1-13(2)11(17)16(12(18)15(13)3)8-6-5-7-9(19-4)10(8)14/h5-7H,1-4H3. The summed E-state index contributed by atoms with van der Waals surface area (Å²) in [5.74, 6) is -1.20. The second-order valence-electron chi connectivity index (χ2n) is 4.83. The summed E-state index contributed by atoms with van der Waals surface area (Å²) in [5, 5.41) is 0. The van der Waals surface area contributed by atoms with Crippen LogP contribution in [0.3, 0.4) is 0 Å². The molecule has 0 N–H and O–H groups in total. The highest BCUT2D eigenvalue weighted by molar-refractivity contribution is 6.22. The Bertz CT molecular complexity index is 557. The highest BCUT2D eigenvalue weighted by Crippen LogP contribution is 2.34. The first kappa shape index (κ1) is 13.3. The van der Waals surface area contributed by atoms with Crippen LogP contribution in [0, 0.1) is 5.82 Å². The van der Waals surface area contributed by atoms with Crippen LogP contribution < -0.4 is 9.64 Å². The minimum atomic E-state index is -0.993. The van der Waals surface area contributed by atoms with Gasteiger partial charge < -0.3 is 9.64 Å². The van der Waals surface area contributed by atoms with Gasteiger partial charge in [-0.3, -0.25) is 4.79 Å². The van der Waals surface area contributed by atoms with Crippen molar-refractivity contribution in [3.05, 3.63) is 24.0 Å². The molecule has 5 nitrogen and oxygen atoms in total. The van der Waals surface area contributed by atoms with Gasteiger partial charge in [-0.2, -0.15) is 0 Å². The Morgan fingerprint density at radius 3 is 2.37 bits per heavy atom. The Balaban J connectivity index is 2.55. The Hall–Kier alpha value is -2.11. The van der Waals surface area contributed by atoms with Crippen molar-refractivity contribution in [2.45, 2.75) is 19.4 Å². The lowest BCUT2D eigenvalue weighted by Crippen LogP contribution is -2.41. The summed E-state index contributed by atoms with van der Waals surface area (Å²) < 4.78 is 19.0. The van der Waals surface area contributed by atoms with Crippen molar-refractivity contribution in [1.82, 2.24) is 4.90 Å². The molecule has 3 amide bonds. The third-order valence-corrected chi connectivity index (χ3v) is 3.45. The minimum Gasteiger partial charge on any atom is -0.494 e. The fraction of sp³-hybridized carbons (Fsp3) is 0.385. The molecule has 0 radical (unpaired) electrons. The highest BCUT2D eigenvalue weighted by Gasteiger charge is 2.50. The fourth-order valence-electron chi connectivity index (χ4n) is 1.94. The van der Waals surface area contributed by atoms with Crippen LogP contribution in [0.1, 0.15) is 13.8 Å². The molecule has 0 aliphatic carbocycles. The molecule has 0 spiro atoms. The number of hydrogen-bond acceptors (Lipinski definition) is 3. The number of rotatable bonds is 2. The fourth-order valence-corrected chi connectivity index (χ4v) is 1.94. The topological polar surface area (TPSA) is 49.9 Å². The summed E-state index contributed by atoms with van der Waals surface area (Å²) >= 11 is 0. The minimum absolute atomic E-state index is 0.00883. The van der Waals surface area contributed by atoms with Gasteiger partial charge in [0.05, 0.1) is 12.8 Å². The van der Waals surface area contributed by atoms with Gasteiger partial charge in [0.1, 0.15) is 5.54 Å². The van der Waals surface area contributed by atoms with Gasteiger partial charge in [-0.05, 0) is 26.0 Å². The van der Waals surface area contributed by atoms with E-state index >= 15 is 0 Å².